The number of hydrogen-bond donors (Lipinski definition) is 1. The van der Waals surface area contributed by atoms with Crippen molar-refractivity contribution in [1.29, 1.82) is 0 Å². The van der Waals surface area contributed by atoms with E-state index in [4.69, 9.17) is 5.73 Å². The first-order valence-electron chi connectivity index (χ1n) is 5.97. The predicted molar refractivity (Wildman–Crippen MR) is 72.3 cm³/mol. The fourth-order valence-electron chi connectivity index (χ4n) is 2.21. The summed E-state index contributed by atoms with van der Waals surface area (Å²) in [7, 11) is 2.16. The highest BCUT2D eigenvalue weighted by Crippen LogP contribution is 2.29. The van der Waals surface area contributed by atoms with E-state index >= 15 is 0 Å². The van der Waals surface area contributed by atoms with Gasteiger partial charge in [-0.15, -0.1) is 0 Å². The second kappa shape index (κ2) is 5.35. The molecule has 0 saturated heterocycles. The molecule has 1 aromatic carbocycles. The Morgan fingerprint density at radius 3 is 2.00 bits per heavy atom. The van der Waals surface area contributed by atoms with Crippen LogP contribution in [0.1, 0.15) is 28.7 Å². The van der Waals surface area contributed by atoms with Crippen LogP contribution in [0.4, 0.5) is 5.69 Å². The SMILES string of the molecule is Cc1cc(C)c(C)c(N(C)CCCN)c1C. The van der Waals surface area contributed by atoms with Crippen LogP contribution in [0, 0.1) is 27.7 Å². The first kappa shape index (κ1) is 13.0. The largest absolute Gasteiger partial charge is 0.374 e. The van der Waals surface area contributed by atoms with Crippen molar-refractivity contribution in [2.24, 2.45) is 5.73 Å². The molecule has 0 aliphatic carbocycles. The van der Waals surface area contributed by atoms with Gasteiger partial charge < -0.3 is 10.6 Å². The first-order chi connectivity index (χ1) is 7.49. The molecule has 16 heavy (non-hydrogen) atoms. The third kappa shape index (κ3) is 2.56. The number of hydrogen-bond acceptors (Lipinski definition) is 2. The summed E-state index contributed by atoms with van der Waals surface area (Å²) >= 11 is 0. The third-order valence-corrected chi connectivity index (χ3v) is 3.41. The van der Waals surface area contributed by atoms with Crippen LogP contribution < -0.4 is 10.6 Å². The molecule has 0 spiro atoms. The molecule has 0 aliphatic heterocycles. The lowest BCUT2D eigenvalue weighted by molar-refractivity contribution is 0.791. The highest BCUT2D eigenvalue weighted by molar-refractivity contribution is 5.63. The first-order valence-corrected chi connectivity index (χ1v) is 5.97. The van der Waals surface area contributed by atoms with Gasteiger partial charge in [0.05, 0.1) is 0 Å². The van der Waals surface area contributed by atoms with E-state index in [1.54, 1.807) is 0 Å². The van der Waals surface area contributed by atoms with Crippen molar-refractivity contribution >= 4 is 5.69 Å². The molecule has 2 nitrogen and oxygen atoms in total. The van der Waals surface area contributed by atoms with Gasteiger partial charge in [-0.25, -0.2) is 0 Å². The summed E-state index contributed by atoms with van der Waals surface area (Å²) in [6.45, 7) is 10.6. The minimum absolute atomic E-state index is 0.757. The van der Waals surface area contributed by atoms with Crippen molar-refractivity contribution in [2.45, 2.75) is 34.1 Å². The summed E-state index contributed by atoms with van der Waals surface area (Å²) < 4.78 is 0. The molecule has 0 amide bonds. The van der Waals surface area contributed by atoms with Gasteiger partial charge in [0.1, 0.15) is 0 Å². The molecule has 1 rings (SSSR count). The van der Waals surface area contributed by atoms with E-state index in [0.29, 0.717) is 0 Å². The lowest BCUT2D eigenvalue weighted by Crippen LogP contribution is -2.23. The van der Waals surface area contributed by atoms with Crippen LogP contribution in [-0.4, -0.2) is 20.1 Å². The molecule has 2 N–H and O–H groups in total. The number of aryl methyl sites for hydroxylation is 2. The maximum atomic E-state index is 5.56. The Balaban J connectivity index is 3.11. The second-order valence-electron chi connectivity index (χ2n) is 4.67. The van der Waals surface area contributed by atoms with Crippen molar-refractivity contribution in [3.8, 4) is 0 Å². The van der Waals surface area contributed by atoms with Crippen LogP contribution in [0.15, 0.2) is 6.07 Å². The van der Waals surface area contributed by atoms with Crippen molar-refractivity contribution in [3.63, 3.8) is 0 Å². The van der Waals surface area contributed by atoms with Crippen molar-refractivity contribution < 1.29 is 0 Å². The van der Waals surface area contributed by atoms with Crippen LogP contribution >= 0.6 is 0 Å². The molecule has 2 heteroatoms. The van der Waals surface area contributed by atoms with E-state index in [1.807, 2.05) is 0 Å². The van der Waals surface area contributed by atoms with Gasteiger partial charge in [-0.1, -0.05) is 6.07 Å². The number of nitrogens with zero attached hydrogens (tertiary/aromatic N) is 1. The average Bonchev–Trinajstić information content (AvgIpc) is 2.24. The van der Waals surface area contributed by atoms with Crippen molar-refractivity contribution in [2.75, 3.05) is 25.0 Å². The van der Waals surface area contributed by atoms with E-state index in [9.17, 15) is 0 Å². The molecule has 0 atom stereocenters. The van der Waals surface area contributed by atoms with Gasteiger partial charge in [-0.05, 0) is 62.9 Å². The molecule has 0 saturated carbocycles. The molecule has 0 bridgehead atoms. The Labute approximate surface area is 99.5 Å². The monoisotopic (exact) mass is 220 g/mol. The minimum Gasteiger partial charge on any atom is -0.374 e. The fourth-order valence-corrected chi connectivity index (χ4v) is 2.21. The van der Waals surface area contributed by atoms with E-state index in [0.717, 1.165) is 19.5 Å². The van der Waals surface area contributed by atoms with Crippen LogP contribution in [-0.2, 0) is 0 Å². The lowest BCUT2D eigenvalue weighted by atomic mass is 9.98. The molecular formula is C14H24N2. The number of benzene rings is 1. The maximum Gasteiger partial charge on any atom is 0.0428 e. The van der Waals surface area contributed by atoms with Crippen molar-refractivity contribution in [1.82, 2.24) is 0 Å². The van der Waals surface area contributed by atoms with E-state index < -0.39 is 0 Å². The molecule has 90 valence electrons. The van der Waals surface area contributed by atoms with Gasteiger partial charge in [-0.2, -0.15) is 0 Å². The molecule has 0 unspecified atom stereocenters. The van der Waals surface area contributed by atoms with Crippen LogP contribution in [0.2, 0.25) is 0 Å². The van der Waals surface area contributed by atoms with Gasteiger partial charge in [0.2, 0.25) is 0 Å². The summed E-state index contributed by atoms with van der Waals surface area (Å²) in [5.74, 6) is 0. The predicted octanol–water partition coefficient (Wildman–Crippen LogP) is 2.71. The quantitative estimate of drug-likeness (QED) is 0.845. The van der Waals surface area contributed by atoms with Gasteiger partial charge in [0.25, 0.3) is 0 Å². The Kier molecular flexibility index (Phi) is 4.36. The van der Waals surface area contributed by atoms with Gasteiger partial charge in [0, 0.05) is 19.3 Å². The van der Waals surface area contributed by atoms with E-state index in [-0.39, 0.29) is 0 Å². The third-order valence-electron chi connectivity index (χ3n) is 3.41. The second-order valence-corrected chi connectivity index (χ2v) is 4.67. The lowest BCUT2D eigenvalue weighted by Gasteiger charge is -2.25. The Morgan fingerprint density at radius 1 is 1.06 bits per heavy atom. The molecule has 0 fully saturated rings. The Morgan fingerprint density at radius 2 is 1.56 bits per heavy atom. The molecular weight excluding hydrogens is 196 g/mol. The highest BCUT2D eigenvalue weighted by Gasteiger charge is 2.11. The fraction of sp³-hybridized carbons (Fsp3) is 0.571. The normalized spacial score (nSPS) is 10.6. The Hall–Kier alpha value is -1.02. The molecule has 0 radical (unpaired) electrons. The van der Waals surface area contributed by atoms with Crippen LogP contribution in [0.5, 0.6) is 0 Å². The molecule has 1 aromatic rings. The number of rotatable bonds is 4. The minimum atomic E-state index is 0.757. The van der Waals surface area contributed by atoms with Gasteiger partial charge >= 0.3 is 0 Å². The van der Waals surface area contributed by atoms with Crippen molar-refractivity contribution in [3.05, 3.63) is 28.3 Å². The Bertz CT molecular complexity index is 343. The highest BCUT2D eigenvalue weighted by atomic mass is 15.1. The standard InChI is InChI=1S/C14H24N2/c1-10-9-11(2)13(4)14(12(10)3)16(5)8-6-7-15/h9H,6-8,15H2,1-5H3. The topological polar surface area (TPSA) is 29.3 Å². The van der Waals surface area contributed by atoms with E-state index in [1.165, 1.54) is 27.9 Å². The van der Waals surface area contributed by atoms with Gasteiger partial charge in [0.15, 0.2) is 0 Å². The summed E-state index contributed by atoms with van der Waals surface area (Å²) in [5.41, 5.74) is 12.5. The molecule has 0 aromatic heterocycles. The maximum absolute atomic E-state index is 5.56. The van der Waals surface area contributed by atoms with Crippen LogP contribution in [0.25, 0.3) is 0 Å². The average molecular weight is 220 g/mol. The van der Waals surface area contributed by atoms with Gasteiger partial charge in [-0.3, -0.25) is 0 Å². The zero-order valence-corrected chi connectivity index (χ0v) is 11.2. The summed E-state index contributed by atoms with van der Waals surface area (Å²) in [6.07, 6.45) is 1.04. The van der Waals surface area contributed by atoms with Crippen LogP contribution in [0.3, 0.4) is 0 Å². The smallest absolute Gasteiger partial charge is 0.0428 e. The van der Waals surface area contributed by atoms with E-state index in [2.05, 4.69) is 45.7 Å². The summed E-state index contributed by atoms with van der Waals surface area (Å²) in [4.78, 5) is 2.33. The molecule has 0 heterocycles. The molecule has 0 aliphatic rings. The summed E-state index contributed by atoms with van der Waals surface area (Å²) in [6, 6.07) is 2.27. The summed E-state index contributed by atoms with van der Waals surface area (Å²) in [5, 5.41) is 0. The number of nitrogens with two attached hydrogens (primary N) is 1. The number of anilines is 1. The zero-order valence-electron chi connectivity index (χ0n) is 11.2. The zero-order chi connectivity index (χ0) is 12.3.